The molecule has 0 spiro atoms. The smallest absolute Gasteiger partial charge is 0.157 e. The van der Waals surface area contributed by atoms with Gasteiger partial charge in [-0.15, -0.1) is 0 Å². The van der Waals surface area contributed by atoms with Gasteiger partial charge in [0.2, 0.25) is 0 Å². The maximum Gasteiger partial charge on any atom is 0.157 e. The fourth-order valence-electron chi connectivity index (χ4n) is 2.01. The summed E-state index contributed by atoms with van der Waals surface area (Å²) in [4.78, 5) is 8.74. The van der Waals surface area contributed by atoms with Crippen molar-refractivity contribution in [3.63, 3.8) is 0 Å². The molecule has 0 amide bonds. The summed E-state index contributed by atoms with van der Waals surface area (Å²) in [5.41, 5.74) is 2.87. The van der Waals surface area contributed by atoms with E-state index in [1.54, 1.807) is 18.5 Å². The lowest BCUT2D eigenvalue weighted by Crippen LogP contribution is -1.98. The van der Waals surface area contributed by atoms with Crippen molar-refractivity contribution in [3.8, 4) is 0 Å². The maximum absolute atomic E-state index is 6.19. The van der Waals surface area contributed by atoms with E-state index < -0.39 is 0 Å². The Kier molecular flexibility index (Phi) is 5.75. The van der Waals surface area contributed by atoms with Crippen molar-refractivity contribution in [1.82, 2.24) is 9.97 Å². The number of nitrogens with zero attached hydrogens (tertiary/aromatic N) is 2. The zero-order chi connectivity index (χ0) is 16.1. The van der Waals surface area contributed by atoms with Crippen LogP contribution in [0.2, 0.25) is 5.02 Å². The lowest BCUT2D eigenvalue weighted by molar-refractivity contribution is 1.28. The normalized spacial score (nSPS) is 10.0. The first-order valence-electron chi connectivity index (χ1n) is 7.08. The highest BCUT2D eigenvalue weighted by Crippen LogP contribution is 2.30. The third-order valence-corrected chi connectivity index (χ3v) is 4.32. The predicted octanol–water partition coefficient (Wildman–Crippen LogP) is 6.12. The molecule has 0 saturated carbocycles. The monoisotopic (exact) mass is 377 g/mol. The average Bonchev–Trinajstić information content (AvgIpc) is 2.55. The molecule has 0 atom stereocenters. The molecule has 1 aromatic carbocycles. The summed E-state index contributed by atoms with van der Waals surface area (Å²) < 4.78 is 1.05. The Morgan fingerprint density at radius 1 is 1.05 bits per heavy atom. The Hall–Kier alpha value is -1.65. The number of rotatable bonds is 2. The van der Waals surface area contributed by atoms with Gasteiger partial charge >= 0.3 is 0 Å². The van der Waals surface area contributed by atoms with Gasteiger partial charge in [0.1, 0.15) is 5.52 Å². The number of hydrogen-bond donors (Lipinski definition) is 1. The van der Waals surface area contributed by atoms with Crippen molar-refractivity contribution in [3.05, 3.63) is 57.8 Å². The van der Waals surface area contributed by atoms with Gasteiger partial charge in [-0.05, 0) is 36.8 Å². The average molecular weight is 379 g/mol. The largest absolute Gasteiger partial charge is 0.338 e. The second-order valence-corrected chi connectivity index (χ2v) is 5.65. The standard InChI is InChI=1S/C15H11BrClN3.C2H6/c1-9-11(16)3-2-4-13(9)20-15-14-10(5-7-19-15)12(17)6-8-18-14;1-2/h2-8H,1H3,(H,19,20);1-2H3. The van der Waals surface area contributed by atoms with E-state index in [4.69, 9.17) is 11.6 Å². The summed E-state index contributed by atoms with van der Waals surface area (Å²) >= 11 is 9.71. The van der Waals surface area contributed by atoms with Gasteiger partial charge in [0, 0.05) is 27.9 Å². The van der Waals surface area contributed by atoms with Crippen LogP contribution in [-0.2, 0) is 0 Å². The SMILES string of the molecule is CC.Cc1c(Br)cccc1Nc1nccc2c(Cl)ccnc12. The van der Waals surface area contributed by atoms with Crippen LogP contribution < -0.4 is 5.32 Å². The molecule has 3 aromatic rings. The van der Waals surface area contributed by atoms with E-state index in [2.05, 4.69) is 31.2 Å². The van der Waals surface area contributed by atoms with E-state index in [-0.39, 0.29) is 0 Å². The van der Waals surface area contributed by atoms with E-state index in [1.807, 2.05) is 45.0 Å². The number of halogens is 2. The molecule has 0 radical (unpaired) electrons. The highest BCUT2D eigenvalue weighted by atomic mass is 79.9. The molecule has 0 unspecified atom stereocenters. The molecule has 2 aromatic heterocycles. The first-order chi connectivity index (χ1) is 10.7. The highest BCUT2D eigenvalue weighted by molar-refractivity contribution is 9.10. The van der Waals surface area contributed by atoms with E-state index in [0.29, 0.717) is 10.8 Å². The minimum absolute atomic E-state index is 0.673. The van der Waals surface area contributed by atoms with Crippen LogP contribution in [0.1, 0.15) is 19.4 Å². The lowest BCUT2D eigenvalue weighted by Gasteiger charge is -2.11. The molecule has 5 heteroatoms. The Morgan fingerprint density at radius 3 is 2.55 bits per heavy atom. The molecule has 114 valence electrons. The van der Waals surface area contributed by atoms with Crippen LogP contribution in [0.3, 0.4) is 0 Å². The Labute approximate surface area is 143 Å². The summed E-state index contributed by atoms with van der Waals surface area (Å²) in [6.07, 6.45) is 3.41. The van der Waals surface area contributed by atoms with Crippen molar-refractivity contribution in [2.75, 3.05) is 5.32 Å². The van der Waals surface area contributed by atoms with Gasteiger partial charge < -0.3 is 5.32 Å². The maximum atomic E-state index is 6.19. The minimum atomic E-state index is 0.673. The Morgan fingerprint density at radius 2 is 1.77 bits per heavy atom. The number of aromatic nitrogens is 2. The molecule has 0 aliphatic rings. The molecule has 2 heterocycles. The molecule has 3 rings (SSSR count). The topological polar surface area (TPSA) is 37.8 Å². The zero-order valence-electron chi connectivity index (χ0n) is 12.7. The molecule has 22 heavy (non-hydrogen) atoms. The summed E-state index contributed by atoms with van der Waals surface area (Å²) in [6, 6.07) is 9.63. The summed E-state index contributed by atoms with van der Waals surface area (Å²) in [5, 5.41) is 4.88. The molecule has 0 saturated heterocycles. The van der Waals surface area contributed by atoms with Gasteiger partial charge in [-0.1, -0.05) is 47.4 Å². The first-order valence-corrected chi connectivity index (χ1v) is 8.25. The van der Waals surface area contributed by atoms with Crippen molar-refractivity contribution in [2.24, 2.45) is 0 Å². The molecule has 3 nitrogen and oxygen atoms in total. The van der Waals surface area contributed by atoms with Gasteiger partial charge in [-0.3, -0.25) is 4.98 Å². The van der Waals surface area contributed by atoms with Crippen molar-refractivity contribution < 1.29 is 0 Å². The number of pyridine rings is 2. The van der Waals surface area contributed by atoms with Crippen LogP contribution in [0.5, 0.6) is 0 Å². The molecule has 0 aliphatic carbocycles. The van der Waals surface area contributed by atoms with E-state index in [1.165, 1.54) is 0 Å². The molecule has 0 fully saturated rings. The first kappa shape index (κ1) is 16.7. The molecule has 0 aliphatic heterocycles. The highest BCUT2D eigenvalue weighted by Gasteiger charge is 2.08. The number of benzene rings is 1. The molecular formula is C17H17BrClN3. The van der Waals surface area contributed by atoms with Gasteiger partial charge in [-0.2, -0.15) is 0 Å². The summed E-state index contributed by atoms with van der Waals surface area (Å²) in [5.74, 6) is 0.700. The van der Waals surface area contributed by atoms with Crippen molar-refractivity contribution >= 4 is 49.9 Å². The van der Waals surface area contributed by atoms with Crippen LogP contribution in [0.15, 0.2) is 47.2 Å². The fraction of sp³-hybridized carbons (Fsp3) is 0.176. The van der Waals surface area contributed by atoms with Gasteiger partial charge in [0.15, 0.2) is 5.82 Å². The lowest BCUT2D eigenvalue weighted by atomic mass is 10.2. The van der Waals surface area contributed by atoms with Crippen molar-refractivity contribution in [2.45, 2.75) is 20.8 Å². The number of fused-ring (bicyclic) bond motifs is 1. The second kappa shape index (κ2) is 7.56. The van der Waals surface area contributed by atoms with E-state index >= 15 is 0 Å². The van der Waals surface area contributed by atoms with Gasteiger partial charge in [0.25, 0.3) is 0 Å². The number of hydrogen-bond acceptors (Lipinski definition) is 3. The van der Waals surface area contributed by atoms with E-state index in [9.17, 15) is 0 Å². The van der Waals surface area contributed by atoms with Crippen molar-refractivity contribution in [1.29, 1.82) is 0 Å². The summed E-state index contributed by atoms with van der Waals surface area (Å²) in [6.45, 7) is 6.04. The van der Waals surface area contributed by atoms with Crippen LogP contribution in [0, 0.1) is 6.92 Å². The molecular weight excluding hydrogens is 362 g/mol. The number of nitrogens with one attached hydrogen (secondary N) is 1. The summed E-state index contributed by atoms with van der Waals surface area (Å²) in [7, 11) is 0. The zero-order valence-corrected chi connectivity index (χ0v) is 15.0. The number of anilines is 2. The van der Waals surface area contributed by atoms with Gasteiger partial charge in [-0.25, -0.2) is 4.98 Å². The fourth-order valence-corrected chi connectivity index (χ4v) is 2.58. The quantitative estimate of drug-likeness (QED) is 0.583. The van der Waals surface area contributed by atoms with Crippen LogP contribution in [0.4, 0.5) is 11.5 Å². The minimum Gasteiger partial charge on any atom is -0.338 e. The Balaban J connectivity index is 0.000000847. The van der Waals surface area contributed by atoms with Crippen LogP contribution in [-0.4, -0.2) is 9.97 Å². The Bertz CT molecular complexity index is 790. The van der Waals surface area contributed by atoms with Crippen LogP contribution in [0.25, 0.3) is 10.9 Å². The molecule has 1 N–H and O–H groups in total. The van der Waals surface area contributed by atoms with E-state index in [0.717, 1.165) is 26.6 Å². The predicted molar refractivity (Wildman–Crippen MR) is 98.1 cm³/mol. The molecule has 0 bridgehead atoms. The van der Waals surface area contributed by atoms with Crippen LogP contribution >= 0.6 is 27.5 Å². The van der Waals surface area contributed by atoms with Gasteiger partial charge in [0.05, 0.1) is 5.02 Å². The third kappa shape index (κ3) is 3.39. The second-order valence-electron chi connectivity index (χ2n) is 4.39. The third-order valence-electron chi connectivity index (χ3n) is 3.13.